The van der Waals surface area contributed by atoms with Crippen LogP contribution in [0.5, 0.6) is 0 Å². The van der Waals surface area contributed by atoms with Crippen molar-refractivity contribution in [1.29, 1.82) is 0 Å². The fourth-order valence-electron chi connectivity index (χ4n) is 7.00. The summed E-state index contributed by atoms with van der Waals surface area (Å²) in [6.07, 6.45) is 7.14. The van der Waals surface area contributed by atoms with Gasteiger partial charge in [0.2, 0.25) is 11.8 Å². The maximum atomic E-state index is 14.1. The van der Waals surface area contributed by atoms with Crippen LogP contribution < -0.4 is 10.6 Å². The average molecular weight is 391 g/mol. The maximum absolute atomic E-state index is 14.1. The molecule has 28 heavy (non-hydrogen) atoms. The van der Waals surface area contributed by atoms with E-state index >= 15 is 0 Å². The van der Waals surface area contributed by atoms with E-state index in [0.29, 0.717) is 30.1 Å². The second-order valence-corrected chi connectivity index (χ2v) is 9.76. The molecule has 4 aliphatic heterocycles. The largest absolute Gasteiger partial charge is 0.356 e. The summed E-state index contributed by atoms with van der Waals surface area (Å²) in [5.41, 5.74) is -0.339. The number of amides is 2. The molecule has 4 rings (SSSR count). The Bertz CT molecular complexity index is 583. The van der Waals surface area contributed by atoms with E-state index in [4.69, 9.17) is 0 Å². The van der Waals surface area contributed by atoms with Gasteiger partial charge in [-0.2, -0.15) is 0 Å². The molecule has 158 valence electrons. The molecular formula is C22H38N4O2. The number of hydrogen-bond donors (Lipinski definition) is 2. The predicted molar refractivity (Wildman–Crippen MR) is 110 cm³/mol. The van der Waals surface area contributed by atoms with E-state index in [2.05, 4.69) is 22.6 Å². The van der Waals surface area contributed by atoms with Crippen molar-refractivity contribution in [3.05, 3.63) is 0 Å². The first kappa shape index (κ1) is 20.1. The Morgan fingerprint density at radius 2 is 1.57 bits per heavy atom. The van der Waals surface area contributed by atoms with Gasteiger partial charge in [0.1, 0.15) is 0 Å². The standard InChI is InChI=1S/C22H38N4O2/c1-25-12-6-17(7-13-25)22(18-5-11-24-20(27)15-18)19(8-14-26(2)21(22)28)16-3-9-23-10-4-16/h16-19,23H,3-15H2,1-2H3,(H,24,27). The van der Waals surface area contributed by atoms with Gasteiger partial charge in [-0.25, -0.2) is 0 Å². The second kappa shape index (κ2) is 8.31. The number of nitrogens with one attached hydrogen (secondary N) is 2. The molecule has 4 saturated heterocycles. The highest BCUT2D eigenvalue weighted by Crippen LogP contribution is 2.57. The van der Waals surface area contributed by atoms with Crippen molar-refractivity contribution in [2.45, 2.75) is 44.9 Å². The zero-order valence-electron chi connectivity index (χ0n) is 17.7. The van der Waals surface area contributed by atoms with Crippen molar-refractivity contribution in [2.75, 3.05) is 53.4 Å². The lowest BCUT2D eigenvalue weighted by atomic mass is 9.49. The van der Waals surface area contributed by atoms with E-state index in [-0.39, 0.29) is 17.2 Å². The van der Waals surface area contributed by atoms with Crippen LogP contribution in [0.1, 0.15) is 44.9 Å². The fraction of sp³-hybridized carbons (Fsp3) is 0.909. The molecule has 4 aliphatic rings. The molecule has 0 spiro atoms. The Morgan fingerprint density at radius 1 is 0.857 bits per heavy atom. The van der Waals surface area contributed by atoms with Gasteiger partial charge >= 0.3 is 0 Å². The van der Waals surface area contributed by atoms with Crippen molar-refractivity contribution < 1.29 is 9.59 Å². The maximum Gasteiger partial charge on any atom is 0.229 e. The van der Waals surface area contributed by atoms with Crippen molar-refractivity contribution >= 4 is 11.8 Å². The Kier molecular flexibility index (Phi) is 5.98. The van der Waals surface area contributed by atoms with Gasteiger partial charge in [-0.05, 0) is 95.4 Å². The van der Waals surface area contributed by atoms with Gasteiger partial charge in [0.25, 0.3) is 0 Å². The molecule has 0 aromatic rings. The number of piperidine rings is 4. The van der Waals surface area contributed by atoms with Gasteiger partial charge in [-0.3, -0.25) is 9.59 Å². The highest BCUT2D eigenvalue weighted by molar-refractivity contribution is 5.86. The number of rotatable bonds is 3. The Balaban J connectivity index is 1.75. The molecule has 4 heterocycles. The minimum Gasteiger partial charge on any atom is -0.356 e. The zero-order chi connectivity index (χ0) is 19.7. The first-order valence-electron chi connectivity index (χ1n) is 11.4. The third-order valence-corrected chi connectivity index (χ3v) is 8.38. The van der Waals surface area contributed by atoms with Gasteiger partial charge in [0.05, 0.1) is 5.41 Å². The van der Waals surface area contributed by atoms with Crippen LogP contribution in [0, 0.1) is 29.1 Å². The SMILES string of the molecule is CN1CCC(C2(C3CCNC(=O)C3)C(=O)N(C)CCC2C2CCNCC2)CC1. The molecule has 0 radical (unpaired) electrons. The third-order valence-electron chi connectivity index (χ3n) is 8.38. The van der Waals surface area contributed by atoms with Gasteiger partial charge in [0.15, 0.2) is 0 Å². The Morgan fingerprint density at radius 3 is 2.25 bits per heavy atom. The molecule has 6 nitrogen and oxygen atoms in total. The summed E-state index contributed by atoms with van der Waals surface area (Å²) in [6.45, 7) is 5.89. The number of carbonyl (C=O) groups excluding carboxylic acids is 2. The summed E-state index contributed by atoms with van der Waals surface area (Å²) in [7, 11) is 4.18. The lowest BCUT2D eigenvalue weighted by molar-refractivity contribution is -0.173. The monoisotopic (exact) mass is 390 g/mol. The van der Waals surface area contributed by atoms with Gasteiger partial charge in [0, 0.05) is 26.6 Å². The van der Waals surface area contributed by atoms with E-state index in [9.17, 15) is 9.59 Å². The molecule has 0 aromatic carbocycles. The number of likely N-dealkylation sites (tertiary alicyclic amines) is 2. The summed E-state index contributed by atoms with van der Waals surface area (Å²) in [5.74, 6) is 2.16. The number of carbonyl (C=O) groups is 2. The van der Waals surface area contributed by atoms with Crippen molar-refractivity contribution in [2.24, 2.45) is 29.1 Å². The average Bonchev–Trinajstić information content (AvgIpc) is 2.71. The fourth-order valence-corrected chi connectivity index (χ4v) is 7.00. The van der Waals surface area contributed by atoms with E-state index in [0.717, 1.165) is 65.0 Å². The summed E-state index contributed by atoms with van der Waals surface area (Å²) in [4.78, 5) is 30.9. The minimum absolute atomic E-state index is 0.147. The van der Waals surface area contributed by atoms with Crippen molar-refractivity contribution in [1.82, 2.24) is 20.4 Å². The Hall–Kier alpha value is -1.14. The van der Waals surface area contributed by atoms with Crippen LogP contribution in [-0.4, -0.2) is 75.0 Å². The Labute approximate surface area is 169 Å². The quantitative estimate of drug-likeness (QED) is 0.763. The van der Waals surface area contributed by atoms with Crippen LogP contribution in [0.15, 0.2) is 0 Å². The molecule has 0 bridgehead atoms. The molecule has 3 unspecified atom stereocenters. The van der Waals surface area contributed by atoms with Crippen molar-refractivity contribution in [3.8, 4) is 0 Å². The van der Waals surface area contributed by atoms with E-state index < -0.39 is 0 Å². The second-order valence-electron chi connectivity index (χ2n) is 9.76. The molecule has 4 fully saturated rings. The summed E-state index contributed by atoms with van der Waals surface area (Å²) in [5, 5.41) is 6.52. The first-order chi connectivity index (χ1) is 13.5. The molecule has 0 aliphatic carbocycles. The lowest BCUT2D eigenvalue weighted by Gasteiger charge is -2.58. The number of hydrogen-bond acceptors (Lipinski definition) is 4. The van der Waals surface area contributed by atoms with Crippen LogP contribution in [0.25, 0.3) is 0 Å². The third kappa shape index (κ3) is 3.47. The van der Waals surface area contributed by atoms with Crippen LogP contribution in [0.2, 0.25) is 0 Å². The minimum atomic E-state index is -0.339. The van der Waals surface area contributed by atoms with Crippen molar-refractivity contribution in [3.63, 3.8) is 0 Å². The normalized spacial score (nSPS) is 37.1. The molecule has 3 atom stereocenters. The summed E-state index contributed by atoms with van der Waals surface area (Å²) >= 11 is 0. The first-order valence-corrected chi connectivity index (χ1v) is 11.4. The number of nitrogens with zero attached hydrogens (tertiary/aromatic N) is 2. The molecular weight excluding hydrogens is 352 g/mol. The molecule has 0 saturated carbocycles. The highest BCUT2D eigenvalue weighted by atomic mass is 16.2. The van der Waals surface area contributed by atoms with Crippen LogP contribution in [0.3, 0.4) is 0 Å². The molecule has 6 heteroatoms. The summed E-state index contributed by atoms with van der Waals surface area (Å²) in [6, 6.07) is 0. The summed E-state index contributed by atoms with van der Waals surface area (Å²) < 4.78 is 0. The van der Waals surface area contributed by atoms with Gasteiger partial charge < -0.3 is 20.4 Å². The van der Waals surface area contributed by atoms with E-state index in [1.807, 2.05) is 11.9 Å². The molecule has 0 aromatic heterocycles. The van der Waals surface area contributed by atoms with E-state index in [1.54, 1.807) is 0 Å². The predicted octanol–water partition coefficient (Wildman–Crippen LogP) is 1.32. The highest BCUT2D eigenvalue weighted by Gasteiger charge is 2.60. The van der Waals surface area contributed by atoms with E-state index in [1.165, 1.54) is 12.8 Å². The smallest absolute Gasteiger partial charge is 0.229 e. The molecule has 2 amide bonds. The zero-order valence-corrected chi connectivity index (χ0v) is 17.7. The van der Waals surface area contributed by atoms with Crippen LogP contribution >= 0.6 is 0 Å². The lowest BCUT2D eigenvalue weighted by Crippen LogP contribution is -2.64. The topological polar surface area (TPSA) is 64.7 Å². The molecule has 2 N–H and O–H groups in total. The van der Waals surface area contributed by atoms with Gasteiger partial charge in [-0.15, -0.1) is 0 Å². The van der Waals surface area contributed by atoms with Crippen LogP contribution in [-0.2, 0) is 9.59 Å². The van der Waals surface area contributed by atoms with Gasteiger partial charge in [-0.1, -0.05) is 0 Å². The van der Waals surface area contributed by atoms with Crippen LogP contribution in [0.4, 0.5) is 0 Å².